The van der Waals surface area contributed by atoms with E-state index in [1.807, 2.05) is 25.2 Å². The average Bonchev–Trinajstić information content (AvgIpc) is 2.12. The quantitative estimate of drug-likeness (QED) is 0.601. The summed E-state index contributed by atoms with van der Waals surface area (Å²) in [5, 5.41) is 7.14. The molecule has 0 amide bonds. The molecule has 76 valence electrons. The Bertz CT molecular complexity index is 221. The summed E-state index contributed by atoms with van der Waals surface area (Å²) in [6.07, 6.45) is 9.32. The minimum absolute atomic E-state index is 0. The summed E-state index contributed by atoms with van der Waals surface area (Å²) < 4.78 is 0. The molecule has 0 spiro atoms. The zero-order valence-electron chi connectivity index (χ0n) is 8.80. The van der Waals surface area contributed by atoms with Crippen molar-refractivity contribution in [2.45, 2.75) is 33.6 Å². The van der Waals surface area contributed by atoms with Crippen molar-refractivity contribution in [3.8, 4) is 0 Å². The molecule has 0 aromatic rings. The fraction of sp³-hybridized carbons (Fsp3) is 0.545. The van der Waals surface area contributed by atoms with Crippen molar-refractivity contribution in [1.82, 2.24) is 0 Å². The lowest BCUT2D eigenvalue weighted by Crippen LogP contribution is -2.26. The number of nitrogens with two attached hydrogens (primary N) is 1. The summed E-state index contributed by atoms with van der Waals surface area (Å²) in [6, 6.07) is 0. The van der Waals surface area contributed by atoms with Crippen LogP contribution in [0.15, 0.2) is 23.9 Å². The highest BCUT2D eigenvalue weighted by Crippen LogP contribution is 2.28. The lowest BCUT2D eigenvalue weighted by Gasteiger charge is -2.25. The Morgan fingerprint density at radius 3 is 2.54 bits per heavy atom. The monoisotopic (exact) mass is 182 g/mol. The molecule has 13 heavy (non-hydrogen) atoms. The molecular formula is C11H22N2. The Labute approximate surface area is 82.5 Å². The predicted octanol–water partition coefficient (Wildman–Crippen LogP) is 3.11. The molecule has 2 heteroatoms. The van der Waals surface area contributed by atoms with Crippen LogP contribution in [0.2, 0.25) is 0 Å². The van der Waals surface area contributed by atoms with Gasteiger partial charge in [0.25, 0.3) is 0 Å². The molecule has 2 nitrogen and oxygen atoms in total. The topological polar surface area (TPSA) is 49.9 Å². The van der Waals surface area contributed by atoms with Crippen LogP contribution in [0, 0.1) is 10.8 Å². The van der Waals surface area contributed by atoms with E-state index in [4.69, 9.17) is 11.1 Å². The maximum atomic E-state index is 7.14. The van der Waals surface area contributed by atoms with Gasteiger partial charge < -0.3 is 11.1 Å². The summed E-state index contributed by atoms with van der Waals surface area (Å²) in [5.41, 5.74) is 6.24. The van der Waals surface area contributed by atoms with Gasteiger partial charge in [0.1, 0.15) is 0 Å². The van der Waals surface area contributed by atoms with E-state index in [2.05, 4.69) is 13.8 Å². The van der Waals surface area contributed by atoms with Crippen LogP contribution >= 0.6 is 0 Å². The number of hydrogen-bond donors (Lipinski definition) is 2. The minimum Gasteiger partial charge on any atom is -0.401 e. The van der Waals surface area contributed by atoms with Gasteiger partial charge in [0.2, 0.25) is 0 Å². The molecule has 0 radical (unpaired) electrons. The van der Waals surface area contributed by atoms with Crippen LogP contribution in [-0.4, -0.2) is 6.21 Å². The maximum Gasteiger partial charge on any atom is 0.0450 e. The van der Waals surface area contributed by atoms with Gasteiger partial charge in [-0.2, -0.15) is 0 Å². The number of rotatable bonds is 1. The van der Waals surface area contributed by atoms with E-state index in [1.165, 1.54) is 12.6 Å². The van der Waals surface area contributed by atoms with Crippen molar-refractivity contribution in [1.29, 1.82) is 5.41 Å². The molecule has 1 aliphatic rings. The van der Waals surface area contributed by atoms with Gasteiger partial charge in [0, 0.05) is 18.8 Å². The first kappa shape index (κ1) is 11.9. The highest BCUT2D eigenvalue weighted by molar-refractivity contribution is 5.67. The lowest BCUT2D eigenvalue weighted by molar-refractivity contribution is 0.563. The summed E-state index contributed by atoms with van der Waals surface area (Å²) >= 11 is 0. The first-order valence-corrected chi connectivity index (χ1v) is 4.75. The van der Waals surface area contributed by atoms with Crippen LogP contribution in [0.25, 0.3) is 0 Å². The van der Waals surface area contributed by atoms with Gasteiger partial charge in [0.15, 0.2) is 0 Å². The summed E-state index contributed by atoms with van der Waals surface area (Å²) in [6.45, 7) is 6.22. The maximum absolute atomic E-state index is 7.14. The Morgan fingerprint density at radius 1 is 1.69 bits per heavy atom. The van der Waals surface area contributed by atoms with Gasteiger partial charge in [-0.25, -0.2) is 0 Å². The second-order valence-corrected chi connectivity index (χ2v) is 3.52. The molecular weight excluding hydrogens is 160 g/mol. The molecule has 0 saturated heterocycles. The second-order valence-electron chi connectivity index (χ2n) is 3.52. The Hall–Kier alpha value is -1.05. The third-order valence-electron chi connectivity index (χ3n) is 1.93. The Kier molecular flexibility index (Phi) is 5.12. The lowest BCUT2D eigenvalue weighted by atomic mass is 9.82. The van der Waals surface area contributed by atoms with E-state index >= 15 is 0 Å². The molecule has 3 N–H and O–H groups in total. The van der Waals surface area contributed by atoms with E-state index in [1.54, 1.807) is 0 Å². The Morgan fingerprint density at radius 2 is 2.23 bits per heavy atom. The van der Waals surface area contributed by atoms with E-state index in [9.17, 15) is 0 Å². The summed E-state index contributed by atoms with van der Waals surface area (Å²) in [7, 11) is 0. The fourth-order valence-corrected chi connectivity index (χ4v) is 0.935. The van der Waals surface area contributed by atoms with E-state index < -0.39 is 0 Å². The van der Waals surface area contributed by atoms with E-state index in [0.29, 0.717) is 0 Å². The molecule has 0 aliphatic heterocycles. The zero-order chi connectivity index (χ0) is 10.3. The van der Waals surface area contributed by atoms with Crippen LogP contribution in [0.5, 0.6) is 0 Å². The minimum atomic E-state index is -0.227. The third-order valence-corrected chi connectivity index (χ3v) is 1.93. The van der Waals surface area contributed by atoms with Crippen LogP contribution < -0.4 is 5.73 Å². The van der Waals surface area contributed by atoms with Gasteiger partial charge in [-0.15, -0.1) is 0 Å². The Balaban J connectivity index is 0. The molecule has 0 heterocycles. The molecule has 1 rings (SSSR count). The van der Waals surface area contributed by atoms with Gasteiger partial charge in [-0.1, -0.05) is 32.4 Å². The van der Waals surface area contributed by atoms with Crippen molar-refractivity contribution in [2.24, 2.45) is 11.1 Å². The smallest absolute Gasteiger partial charge is 0.0450 e. The molecule has 0 fully saturated rings. The zero-order valence-corrected chi connectivity index (χ0v) is 8.80. The summed E-state index contributed by atoms with van der Waals surface area (Å²) in [4.78, 5) is 0. The fourth-order valence-electron chi connectivity index (χ4n) is 0.935. The van der Waals surface area contributed by atoms with Crippen LogP contribution in [0.3, 0.4) is 0 Å². The molecule has 1 aliphatic carbocycles. The highest BCUT2D eigenvalue weighted by Gasteiger charge is 2.24. The number of allylic oxidation sites excluding steroid dienone is 4. The molecule has 0 saturated carbocycles. The first-order valence-electron chi connectivity index (χ1n) is 4.75. The normalized spacial score (nSPS) is 25.6. The van der Waals surface area contributed by atoms with Crippen molar-refractivity contribution in [3.63, 3.8) is 0 Å². The number of nitrogens with one attached hydrogen (secondary N) is 1. The predicted molar refractivity (Wildman–Crippen MR) is 61.0 cm³/mol. The van der Waals surface area contributed by atoms with Crippen molar-refractivity contribution < 1.29 is 1.43 Å². The van der Waals surface area contributed by atoms with E-state index in [-0.39, 0.29) is 6.84 Å². The number of hydrogen-bond acceptors (Lipinski definition) is 2. The van der Waals surface area contributed by atoms with E-state index in [0.717, 1.165) is 12.1 Å². The van der Waals surface area contributed by atoms with Crippen LogP contribution in [0.4, 0.5) is 0 Å². The van der Waals surface area contributed by atoms with Crippen molar-refractivity contribution >= 4 is 6.21 Å². The molecule has 0 aromatic heterocycles. The van der Waals surface area contributed by atoms with Crippen LogP contribution in [0.1, 0.15) is 35.0 Å². The van der Waals surface area contributed by atoms with Crippen LogP contribution in [-0.2, 0) is 0 Å². The van der Waals surface area contributed by atoms with Gasteiger partial charge in [0.05, 0.1) is 0 Å². The molecule has 1 unspecified atom stereocenters. The third kappa shape index (κ3) is 3.45. The standard InChI is InChI=1S/C8H12N2.C3H8.H2/c1-8(6-9)5-3-2-4-7(8)10;1-3-2;/h2-4,6,9H,5,10H2,1H3;3H2,1-2H3;1H. The molecule has 0 bridgehead atoms. The van der Waals surface area contributed by atoms with Gasteiger partial charge in [-0.3, -0.25) is 0 Å². The first-order chi connectivity index (χ1) is 6.10. The summed E-state index contributed by atoms with van der Waals surface area (Å²) in [5.74, 6) is 0. The molecule has 1 atom stereocenters. The van der Waals surface area contributed by atoms with Gasteiger partial charge in [-0.05, 0) is 19.4 Å². The average molecular weight is 182 g/mol. The van der Waals surface area contributed by atoms with Crippen molar-refractivity contribution in [3.05, 3.63) is 23.9 Å². The van der Waals surface area contributed by atoms with Gasteiger partial charge >= 0.3 is 0 Å². The van der Waals surface area contributed by atoms with Crippen molar-refractivity contribution in [2.75, 3.05) is 0 Å². The largest absolute Gasteiger partial charge is 0.401 e. The molecule has 0 aromatic carbocycles. The second kappa shape index (κ2) is 5.57. The highest BCUT2D eigenvalue weighted by atomic mass is 14.6. The SMILES string of the molecule is CC1(C=N)CC=CC=C1N.CCC.[HH].